The molecule has 8 heteroatoms. The first-order valence-electron chi connectivity index (χ1n) is 10.2. The lowest BCUT2D eigenvalue weighted by atomic mass is 9.94. The number of H-pyrrole nitrogens is 1. The van der Waals surface area contributed by atoms with Gasteiger partial charge in [-0.1, -0.05) is 12.1 Å². The second-order valence-electron chi connectivity index (χ2n) is 8.52. The molecule has 0 spiro atoms. The lowest BCUT2D eigenvalue weighted by molar-refractivity contribution is -0.113. The zero-order valence-corrected chi connectivity index (χ0v) is 17.8. The summed E-state index contributed by atoms with van der Waals surface area (Å²) < 4.78 is 7.70. The van der Waals surface area contributed by atoms with Gasteiger partial charge in [0, 0.05) is 18.2 Å². The van der Waals surface area contributed by atoms with E-state index in [-0.39, 0.29) is 28.4 Å². The number of hydrogen-bond donors (Lipinski definition) is 2. The molecule has 0 aliphatic carbocycles. The van der Waals surface area contributed by atoms with Gasteiger partial charge in [0.25, 0.3) is 5.56 Å². The van der Waals surface area contributed by atoms with E-state index in [0.717, 1.165) is 29.3 Å². The van der Waals surface area contributed by atoms with Crippen molar-refractivity contribution in [1.29, 1.82) is 0 Å². The van der Waals surface area contributed by atoms with Gasteiger partial charge in [-0.25, -0.2) is 0 Å². The summed E-state index contributed by atoms with van der Waals surface area (Å²) >= 11 is 1.48. The molecule has 2 atom stereocenters. The molecule has 0 radical (unpaired) electrons. The van der Waals surface area contributed by atoms with E-state index in [9.17, 15) is 9.59 Å². The number of nitrogens with one attached hydrogen (secondary N) is 2. The van der Waals surface area contributed by atoms with Crippen molar-refractivity contribution in [2.75, 3.05) is 17.7 Å². The van der Waals surface area contributed by atoms with Crippen molar-refractivity contribution in [3.05, 3.63) is 58.0 Å². The van der Waals surface area contributed by atoms with Crippen LogP contribution in [0, 0.1) is 0 Å². The lowest BCUT2D eigenvalue weighted by Crippen LogP contribution is -2.36. The molecule has 1 amide bonds. The summed E-state index contributed by atoms with van der Waals surface area (Å²) in [5.74, 6) is 0.794. The number of carbonyl (C=O) groups excluding carboxylic acids is 1. The van der Waals surface area contributed by atoms with Crippen molar-refractivity contribution >= 4 is 34.4 Å². The smallest absolute Gasteiger partial charge is 0.270 e. The van der Waals surface area contributed by atoms with E-state index >= 15 is 0 Å². The van der Waals surface area contributed by atoms with Crippen molar-refractivity contribution in [2.45, 2.75) is 43.6 Å². The van der Waals surface area contributed by atoms with Crippen LogP contribution in [0.2, 0.25) is 0 Å². The van der Waals surface area contributed by atoms with Gasteiger partial charge in [-0.05, 0) is 50.5 Å². The summed E-state index contributed by atoms with van der Waals surface area (Å²) in [5.41, 5.74) is 2.09. The fourth-order valence-corrected chi connectivity index (χ4v) is 5.57. The highest BCUT2D eigenvalue weighted by Crippen LogP contribution is 2.42. The van der Waals surface area contributed by atoms with Gasteiger partial charge in [-0.2, -0.15) is 0 Å². The van der Waals surface area contributed by atoms with Crippen molar-refractivity contribution in [3.63, 3.8) is 0 Å². The molecular formula is C22H24N4O3S. The molecule has 2 aliphatic rings. The molecule has 1 aromatic carbocycles. The Labute approximate surface area is 178 Å². The first-order chi connectivity index (χ1) is 14.4. The van der Waals surface area contributed by atoms with Crippen molar-refractivity contribution in [3.8, 4) is 0 Å². The second kappa shape index (κ2) is 7.28. The predicted molar refractivity (Wildman–Crippen MR) is 118 cm³/mol. The highest BCUT2D eigenvalue weighted by molar-refractivity contribution is 8.00. The molecule has 3 aromatic rings. The van der Waals surface area contributed by atoms with Gasteiger partial charge in [-0.3, -0.25) is 24.4 Å². The summed E-state index contributed by atoms with van der Waals surface area (Å²) in [6.45, 7) is 4.73. The van der Waals surface area contributed by atoms with Gasteiger partial charge in [0.15, 0.2) is 0 Å². The lowest BCUT2D eigenvalue weighted by Gasteiger charge is -2.36. The molecule has 1 fully saturated rings. The second-order valence-corrected chi connectivity index (χ2v) is 9.62. The van der Waals surface area contributed by atoms with Crippen LogP contribution in [0.1, 0.15) is 49.1 Å². The van der Waals surface area contributed by atoms with Gasteiger partial charge in [0.05, 0.1) is 33.7 Å². The Morgan fingerprint density at radius 3 is 2.97 bits per heavy atom. The molecule has 0 bridgehead atoms. The molecule has 2 N–H and O–H groups in total. The zero-order valence-electron chi connectivity index (χ0n) is 17.0. The quantitative estimate of drug-likeness (QED) is 0.656. The number of aromatic amines is 1. The van der Waals surface area contributed by atoms with Crippen molar-refractivity contribution in [1.82, 2.24) is 14.8 Å². The van der Waals surface area contributed by atoms with Gasteiger partial charge >= 0.3 is 0 Å². The number of nitrogens with zero attached hydrogens (tertiary/aromatic N) is 2. The van der Waals surface area contributed by atoms with E-state index in [0.29, 0.717) is 23.7 Å². The molecule has 156 valence electrons. The van der Waals surface area contributed by atoms with Gasteiger partial charge in [-0.15, -0.1) is 11.8 Å². The van der Waals surface area contributed by atoms with E-state index in [1.165, 1.54) is 11.8 Å². The van der Waals surface area contributed by atoms with Crippen LogP contribution >= 0.6 is 11.8 Å². The highest BCUT2D eigenvalue weighted by Gasteiger charge is 2.36. The largest absolute Gasteiger partial charge is 0.375 e. The molecule has 7 nitrogen and oxygen atoms in total. The van der Waals surface area contributed by atoms with Crippen LogP contribution in [0.25, 0.3) is 10.9 Å². The Kier molecular flexibility index (Phi) is 4.71. The minimum atomic E-state index is -0.273. The summed E-state index contributed by atoms with van der Waals surface area (Å²) in [5, 5.41) is 6.79. The standard InChI is InChI=1S/C22H24N4O3S/c1-22(2)11-15(7-9-29-22)26-20-18(21(28)25-26)19(30-12-17(27)24-20)14-5-6-16-13(10-14)4-3-8-23-16/h3-6,8,10,15,19H,7,9,11-12H2,1-2H3,(H,24,27)(H,25,28)/t15-,19+/m0/s1. The average Bonchev–Trinajstić information content (AvgIpc) is 2.92. The Hall–Kier alpha value is -2.58. The fraction of sp³-hybridized carbons (Fsp3) is 0.409. The van der Waals surface area contributed by atoms with Crippen molar-refractivity contribution in [2.24, 2.45) is 0 Å². The summed E-state index contributed by atoms with van der Waals surface area (Å²) in [6, 6.07) is 10.0. The minimum absolute atomic E-state index is 0.0649. The Balaban J connectivity index is 1.62. The maximum absolute atomic E-state index is 13.1. The highest BCUT2D eigenvalue weighted by atomic mass is 32.2. The number of rotatable bonds is 2. The molecule has 0 saturated carbocycles. The van der Waals surface area contributed by atoms with E-state index in [1.54, 1.807) is 6.20 Å². The third kappa shape index (κ3) is 3.44. The Bertz CT molecular complexity index is 1180. The number of hydrogen-bond acceptors (Lipinski definition) is 5. The Morgan fingerprint density at radius 2 is 2.13 bits per heavy atom. The third-order valence-electron chi connectivity index (χ3n) is 5.83. The number of ether oxygens (including phenoxy) is 1. The normalized spacial score (nSPS) is 23.6. The third-order valence-corrected chi connectivity index (χ3v) is 7.10. The summed E-state index contributed by atoms with van der Waals surface area (Å²) in [4.78, 5) is 30.0. The SMILES string of the molecule is CC1(C)C[C@@H](n2[nH]c(=O)c3c2NC(=O)CS[C@@H]3c2ccc3ncccc3c2)CCO1. The number of amides is 1. The monoisotopic (exact) mass is 424 g/mol. The molecule has 0 unspecified atom stereocenters. The van der Waals surface area contributed by atoms with Gasteiger partial charge < -0.3 is 10.1 Å². The molecular weight excluding hydrogens is 400 g/mol. The van der Waals surface area contributed by atoms with E-state index in [1.807, 2.05) is 28.9 Å². The maximum atomic E-state index is 13.1. The average molecular weight is 425 g/mol. The first-order valence-corrected chi connectivity index (χ1v) is 11.2. The van der Waals surface area contributed by atoms with Crippen molar-refractivity contribution < 1.29 is 9.53 Å². The van der Waals surface area contributed by atoms with Crippen LogP contribution in [-0.4, -0.2) is 38.6 Å². The molecule has 2 aromatic heterocycles. The van der Waals surface area contributed by atoms with Gasteiger partial charge in [0.1, 0.15) is 5.82 Å². The summed E-state index contributed by atoms with van der Waals surface area (Å²) in [6.07, 6.45) is 3.32. The maximum Gasteiger partial charge on any atom is 0.270 e. The van der Waals surface area contributed by atoms with Crippen LogP contribution < -0.4 is 10.9 Å². The first kappa shape index (κ1) is 19.4. The number of thioether (sulfide) groups is 1. The number of aromatic nitrogens is 3. The van der Waals surface area contributed by atoms with Crippen LogP contribution in [-0.2, 0) is 9.53 Å². The van der Waals surface area contributed by atoms with Crippen LogP contribution in [0.4, 0.5) is 5.82 Å². The van der Waals surface area contributed by atoms with Crippen LogP contribution in [0.15, 0.2) is 41.3 Å². The van der Waals surface area contributed by atoms with E-state index in [4.69, 9.17) is 4.74 Å². The number of anilines is 1. The van der Waals surface area contributed by atoms with Gasteiger partial charge in [0.2, 0.25) is 5.91 Å². The number of fused-ring (bicyclic) bond motifs is 2. The van der Waals surface area contributed by atoms with E-state index < -0.39 is 0 Å². The number of carbonyl (C=O) groups is 1. The minimum Gasteiger partial charge on any atom is -0.375 e. The van der Waals surface area contributed by atoms with Crippen LogP contribution in [0.5, 0.6) is 0 Å². The molecule has 2 aliphatic heterocycles. The molecule has 5 rings (SSSR count). The van der Waals surface area contributed by atoms with E-state index in [2.05, 4.69) is 35.3 Å². The number of pyridine rings is 1. The topological polar surface area (TPSA) is 89.0 Å². The number of benzene rings is 1. The van der Waals surface area contributed by atoms with Crippen LogP contribution in [0.3, 0.4) is 0 Å². The molecule has 4 heterocycles. The molecule has 1 saturated heterocycles. The molecule has 30 heavy (non-hydrogen) atoms. The fourth-order valence-electron chi connectivity index (χ4n) is 4.46. The zero-order chi connectivity index (χ0) is 20.9. The Morgan fingerprint density at radius 1 is 1.27 bits per heavy atom. The summed E-state index contributed by atoms with van der Waals surface area (Å²) in [7, 11) is 0. The predicted octanol–water partition coefficient (Wildman–Crippen LogP) is 3.63.